The number of nitrogens with one attached hydrogen (secondary N) is 2. The molecule has 2 N–H and O–H groups in total. The van der Waals surface area contributed by atoms with Gasteiger partial charge in [0.1, 0.15) is 9.84 Å². The van der Waals surface area contributed by atoms with Gasteiger partial charge in [-0.3, -0.25) is 9.89 Å². The molecule has 0 aromatic carbocycles. The molecule has 24 heavy (non-hydrogen) atoms. The van der Waals surface area contributed by atoms with E-state index in [1.165, 1.54) is 19.1 Å². The Bertz CT molecular complexity index is 485. The van der Waals surface area contributed by atoms with Gasteiger partial charge in [-0.15, -0.1) is 0 Å². The molecule has 2 atom stereocenters. The van der Waals surface area contributed by atoms with Gasteiger partial charge in [-0.1, -0.05) is 6.92 Å². The molecule has 0 bridgehead atoms. The standard InChI is InChI=1S/C17H36N4O2S/c1-6-18-17(20-15(3)9-12-24(5,22)23)19-13-16(4)21-10-7-14(2)8-11-21/h14-16H,6-13H2,1-5H3,(H2,18,19,20). The summed E-state index contributed by atoms with van der Waals surface area (Å²) >= 11 is 0. The lowest BCUT2D eigenvalue weighted by atomic mass is 9.98. The highest BCUT2D eigenvalue weighted by Crippen LogP contribution is 2.17. The Labute approximate surface area is 148 Å². The molecule has 0 aromatic heterocycles. The van der Waals surface area contributed by atoms with Crippen molar-refractivity contribution in [2.75, 3.05) is 38.2 Å². The third kappa shape index (κ3) is 8.87. The smallest absolute Gasteiger partial charge is 0.191 e. The van der Waals surface area contributed by atoms with E-state index in [-0.39, 0.29) is 11.8 Å². The summed E-state index contributed by atoms with van der Waals surface area (Å²) in [6.07, 6.45) is 4.41. The summed E-state index contributed by atoms with van der Waals surface area (Å²) < 4.78 is 22.6. The van der Waals surface area contributed by atoms with Gasteiger partial charge < -0.3 is 10.6 Å². The van der Waals surface area contributed by atoms with Crippen molar-refractivity contribution in [3.63, 3.8) is 0 Å². The molecule has 0 amide bonds. The number of likely N-dealkylation sites (tertiary alicyclic amines) is 1. The van der Waals surface area contributed by atoms with E-state index in [2.05, 4.69) is 29.4 Å². The number of aliphatic imine (C=N–C) groups is 1. The fourth-order valence-electron chi connectivity index (χ4n) is 2.82. The van der Waals surface area contributed by atoms with Crippen LogP contribution in [0.5, 0.6) is 0 Å². The molecule has 0 saturated carbocycles. The second-order valence-corrected chi connectivity index (χ2v) is 9.51. The molecule has 1 rings (SSSR count). The van der Waals surface area contributed by atoms with E-state index in [4.69, 9.17) is 4.99 Å². The van der Waals surface area contributed by atoms with E-state index >= 15 is 0 Å². The number of hydrogen-bond donors (Lipinski definition) is 2. The molecule has 1 aliphatic rings. The topological polar surface area (TPSA) is 73.8 Å². The highest BCUT2D eigenvalue weighted by Gasteiger charge is 2.20. The van der Waals surface area contributed by atoms with Crippen LogP contribution >= 0.6 is 0 Å². The Morgan fingerprint density at radius 2 is 1.92 bits per heavy atom. The van der Waals surface area contributed by atoms with Gasteiger partial charge in [0, 0.05) is 24.9 Å². The molecule has 0 spiro atoms. The largest absolute Gasteiger partial charge is 0.357 e. The first-order valence-corrected chi connectivity index (χ1v) is 11.2. The maximum atomic E-state index is 11.3. The van der Waals surface area contributed by atoms with E-state index in [9.17, 15) is 8.42 Å². The van der Waals surface area contributed by atoms with Crippen LogP contribution in [0.15, 0.2) is 4.99 Å². The minimum atomic E-state index is -2.92. The quantitative estimate of drug-likeness (QED) is 0.507. The average Bonchev–Trinajstić information content (AvgIpc) is 2.50. The zero-order valence-corrected chi connectivity index (χ0v) is 16.8. The Hall–Kier alpha value is -0.820. The summed E-state index contributed by atoms with van der Waals surface area (Å²) in [7, 11) is -2.92. The van der Waals surface area contributed by atoms with Gasteiger partial charge >= 0.3 is 0 Å². The third-order valence-electron chi connectivity index (χ3n) is 4.60. The zero-order valence-electron chi connectivity index (χ0n) is 16.0. The van der Waals surface area contributed by atoms with Crippen LogP contribution in [0, 0.1) is 5.92 Å². The molecule has 6 nitrogen and oxygen atoms in total. The Balaban J connectivity index is 2.48. The predicted octanol–water partition coefficient (Wildman–Crippen LogP) is 1.49. The van der Waals surface area contributed by atoms with Gasteiger partial charge in [-0.2, -0.15) is 0 Å². The maximum absolute atomic E-state index is 11.3. The highest BCUT2D eigenvalue weighted by molar-refractivity contribution is 7.90. The number of nitrogens with zero attached hydrogens (tertiary/aromatic N) is 2. The van der Waals surface area contributed by atoms with Crippen molar-refractivity contribution in [3.8, 4) is 0 Å². The predicted molar refractivity (Wildman–Crippen MR) is 102 cm³/mol. The second-order valence-electron chi connectivity index (χ2n) is 7.25. The molecule has 142 valence electrons. The van der Waals surface area contributed by atoms with Crippen LogP contribution in [-0.4, -0.2) is 69.5 Å². The first-order chi connectivity index (χ1) is 11.2. The lowest BCUT2D eigenvalue weighted by Gasteiger charge is -2.34. The maximum Gasteiger partial charge on any atom is 0.191 e. The van der Waals surface area contributed by atoms with E-state index in [1.807, 2.05) is 13.8 Å². The molecular weight excluding hydrogens is 324 g/mol. The third-order valence-corrected chi connectivity index (χ3v) is 5.58. The van der Waals surface area contributed by atoms with Crippen LogP contribution in [0.1, 0.15) is 47.0 Å². The van der Waals surface area contributed by atoms with Gasteiger partial charge in [0.05, 0.1) is 12.3 Å². The van der Waals surface area contributed by atoms with Gasteiger partial charge in [0.15, 0.2) is 5.96 Å². The first-order valence-electron chi connectivity index (χ1n) is 9.18. The van der Waals surface area contributed by atoms with E-state index in [0.717, 1.165) is 38.1 Å². The average molecular weight is 361 g/mol. The normalized spacial score (nSPS) is 20.6. The van der Waals surface area contributed by atoms with Crippen LogP contribution in [0.4, 0.5) is 0 Å². The van der Waals surface area contributed by atoms with E-state index < -0.39 is 9.84 Å². The van der Waals surface area contributed by atoms with Gasteiger partial charge in [0.2, 0.25) is 0 Å². The molecule has 2 unspecified atom stereocenters. The van der Waals surface area contributed by atoms with Crippen LogP contribution < -0.4 is 10.6 Å². The summed E-state index contributed by atoms with van der Waals surface area (Å²) in [5.41, 5.74) is 0. The highest BCUT2D eigenvalue weighted by atomic mass is 32.2. The number of piperidine rings is 1. The lowest BCUT2D eigenvalue weighted by Crippen LogP contribution is -2.45. The minimum Gasteiger partial charge on any atom is -0.357 e. The van der Waals surface area contributed by atoms with Crippen molar-refractivity contribution in [3.05, 3.63) is 0 Å². The monoisotopic (exact) mass is 360 g/mol. The van der Waals surface area contributed by atoms with Crippen LogP contribution in [0.3, 0.4) is 0 Å². The summed E-state index contributed by atoms with van der Waals surface area (Å²) in [4.78, 5) is 7.21. The van der Waals surface area contributed by atoms with Crippen LogP contribution in [0.25, 0.3) is 0 Å². The van der Waals surface area contributed by atoms with Crippen molar-refractivity contribution in [1.82, 2.24) is 15.5 Å². The molecule has 7 heteroatoms. The van der Waals surface area contributed by atoms with Gasteiger partial charge in [-0.25, -0.2) is 8.42 Å². The molecule has 1 fully saturated rings. The summed E-state index contributed by atoms with van der Waals surface area (Å²) in [5, 5.41) is 6.56. The summed E-state index contributed by atoms with van der Waals surface area (Å²) in [6, 6.07) is 0.503. The van der Waals surface area contributed by atoms with Crippen molar-refractivity contribution in [2.24, 2.45) is 10.9 Å². The number of sulfone groups is 1. The van der Waals surface area contributed by atoms with Gasteiger partial charge in [-0.05, 0) is 59.0 Å². The number of hydrogen-bond acceptors (Lipinski definition) is 4. The summed E-state index contributed by atoms with van der Waals surface area (Å²) in [5.74, 6) is 1.81. The SMILES string of the molecule is CCNC(=NCC(C)N1CCC(C)CC1)NC(C)CCS(C)(=O)=O. The molecule has 1 saturated heterocycles. The van der Waals surface area contributed by atoms with E-state index in [0.29, 0.717) is 12.5 Å². The second kappa shape index (κ2) is 10.2. The van der Waals surface area contributed by atoms with Crippen LogP contribution in [-0.2, 0) is 9.84 Å². The molecule has 1 aliphatic heterocycles. The van der Waals surface area contributed by atoms with Crippen molar-refractivity contribution in [2.45, 2.75) is 59.0 Å². The zero-order chi connectivity index (χ0) is 18.2. The molecule has 1 heterocycles. The molecular formula is C17H36N4O2S. The molecule has 0 aliphatic carbocycles. The summed E-state index contributed by atoms with van der Waals surface area (Å²) in [6.45, 7) is 12.4. The van der Waals surface area contributed by atoms with Crippen molar-refractivity contribution >= 4 is 15.8 Å². The van der Waals surface area contributed by atoms with E-state index in [1.54, 1.807) is 0 Å². The fraction of sp³-hybridized carbons (Fsp3) is 0.941. The Kier molecular flexibility index (Phi) is 9.05. The number of rotatable bonds is 8. The van der Waals surface area contributed by atoms with Gasteiger partial charge in [0.25, 0.3) is 0 Å². The number of guanidine groups is 1. The first kappa shape index (κ1) is 21.2. The van der Waals surface area contributed by atoms with Crippen molar-refractivity contribution in [1.29, 1.82) is 0 Å². The molecule has 0 radical (unpaired) electrons. The Morgan fingerprint density at radius 1 is 1.29 bits per heavy atom. The van der Waals surface area contributed by atoms with Crippen LogP contribution in [0.2, 0.25) is 0 Å². The fourth-order valence-corrected chi connectivity index (χ4v) is 3.61. The molecule has 0 aromatic rings. The van der Waals surface area contributed by atoms with Crippen molar-refractivity contribution < 1.29 is 8.42 Å². The Morgan fingerprint density at radius 3 is 2.46 bits per heavy atom. The lowest BCUT2D eigenvalue weighted by molar-refractivity contribution is 0.150. The minimum absolute atomic E-state index is 0.0728.